The van der Waals surface area contributed by atoms with E-state index in [0.717, 1.165) is 12.8 Å². The maximum absolute atomic E-state index is 4.46. The van der Waals surface area contributed by atoms with Gasteiger partial charge >= 0.3 is 0 Å². The van der Waals surface area contributed by atoms with E-state index in [0.29, 0.717) is 10.7 Å². The average Bonchev–Trinajstić information content (AvgIpc) is 2.29. The van der Waals surface area contributed by atoms with Gasteiger partial charge in [0.25, 0.3) is 0 Å². The van der Waals surface area contributed by atoms with Gasteiger partial charge < -0.3 is 0 Å². The van der Waals surface area contributed by atoms with Crippen molar-refractivity contribution in [2.45, 2.75) is 36.4 Å². The van der Waals surface area contributed by atoms with E-state index in [2.05, 4.69) is 22.3 Å². The van der Waals surface area contributed by atoms with Gasteiger partial charge in [0.15, 0.2) is 0 Å². The first kappa shape index (κ1) is 10.3. The van der Waals surface area contributed by atoms with Crippen molar-refractivity contribution >= 4 is 34.0 Å². The third kappa shape index (κ3) is 3.17. The van der Waals surface area contributed by atoms with E-state index in [-0.39, 0.29) is 0 Å². The largest absolute Gasteiger partial charge is 0.283 e. The molecule has 0 aromatic heterocycles. The summed E-state index contributed by atoms with van der Waals surface area (Å²) in [5, 5.41) is 0.872. The number of dihydropyridines is 1. The minimum absolute atomic E-state index is 0.405. The second-order valence-corrected chi connectivity index (χ2v) is 5.95. The molecule has 0 radical (unpaired) electrons. The van der Waals surface area contributed by atoms with Crippen LogP contribution < -0.4 is 0 Å². The second kappa shape index (κ2) is 5.61. The lowest BCUT2D eigenvalue weighted by Gasteiger charge is -2.17. The molecule has 2 heterocycles. The Hall–Kier alpha value is -0.220. The fraction of sp³-hybridized carbons (Fsp3) is 0.600. The maximum atomic E-state index is 4.46. The highest BCUT2D eigenvalue weighted by Crippen LogP contribution is 2.37. The standard InChI is InChI=1S/C10H14N2S2/c1-3-7-11-9(5-1)13-14-10-6-2-4-8-12-10/h1,3,7-10H,2,4-6H2. The summed E-state index contributed by atoms with van der Waals surface area (Å²) >= 11 is 0. The Morgan fingerprint density at radius 3 is 2.79 bits per heavy atom. The monoisotopic (exact) mass is 226 g/mol. The van der Waals surface area contributed by atoms with Crippen molar-refractivity contribution in [3.63, 3.8) is 0 Å². The van der Waals surface area contributed by atoms with Gasteiger partial charge in [0.1, 0.15) is 10.7 Å². The Bertz CT molecular complexity index is 259. The summed E-state index contributed by atoms with van der Waals surface area (Å²) in [5.74, 6) is 0. The summed E-state index contributed by atoms with van der Waals surface area (Å²) in [6.45, 7) is 0. The summed E-state index contributed by atoms with van der Waals surface area (Å²) in [6, 6.07) is 0. The molecular formula is C10H14N2S2. The number of aliphatic imine (C=N–C) groups is 2. The smallest absolute Gasteiger partial charge is 0.109 e. The predicted octanol–water partition coefficient (Wildman–Crippen LogP) is 3.31. The van der Waals surface area contributed by atoms with Gasteiger partial charge in [-0.2, -0.15) is 0 Å². The topological polar surface area (TPSA) is 24.7 Å². The minimum Gasteiger partial charge on any atom is -0.283 e. The highest BCUT2D eigenvalue weighted by molar-refractivity contribution is 8.77. The summed E-state index contributed by atoms with van der Waals surface area (Å²) in [7, 11) is 3.73. The zero-order valence-electron chi connectivity index (χ0n) is 8.00. The van der Waals surface area contributed by atoms with Crippen LogP contribution in [0.25, 0.3) is 0 Å². The summed E-state index contributed by atoms with van der Waals surface area (Å²) in [4.78, 5) is 8.85. The van der Waals surface area contributed by atoms with Crippen molar-refractivity contribution < 1.29 is 0 Å². The quantitative estimate of drug-likeness (QED) is 0.690. The number of hydrogen-bond donors (Lipinski definition) is 0. The molecule has 2 aliphatic heterocycles. The van der Waals surface area contributed by atoms with Crippen molar-refractivity contribution in [3.05, 3.63) is 12.2 Å². The zero-order chi connectivity index (χ0) is 9.64. The van der Waals surface area contributed by atoms with Gasteiger partial charge in [0.2, 0.25) is 0 Å². The molecule has 0 bridgehead atoms. The van der Waals surface area contributed by atoms with Gasteiger partial charge in [-0.1, -0.05) is 27.7 Å². The van der Waals surface area contributed by atoms with Gasteiger partial charge in [0, 0.05) is 12.4 Å². The first-order chi connectivity index (χ1) is 6.95. The molecule has 0 saturated heterocycles. The SMILES string of the molecule is C1=CCC(SSC2CCCC=N2)N=C1. The fourth-order valence-electron chi connectivity index (χ4n) is 1.38. The number of allylic oxidation sites excluding steroid dienone is 1. The molecular weight excluding hydrogens is 212 g/mol. The summed E-state index contributed by atoms with van der Waals surface area (Å²) in [5.41, 5.74) is 0. The van der Waals surface area contributed by atoms with Crippen LogP contribution in [0.2, 0.25) is 0 Å². The van der Waals surface area contributed by atoms with Crippen molar-refractivity contribution in [1.82, 2.24) is 0 Å². The number of nitrogens with zero attached hydrogens (tertiary/aromatic N) is 2. The molecule has 0 aromatic rings. The molecule has 2 aliphatic rings. The first-order valence-corrected chi connectivity index (χ1v) is 7.25. The molecule has 2 unspecified atom stereocenters. The van der Waals surface area contributed by atoms with E-state index in [1.165, 1.54) is 12.8 Å². The van der Waals surface area contributed by atoms with Crippen LogP contribution in [0.5, 0.6) is 0 Å². The molecule has 0 amide bonds. The van der Waals surface area contributed by atoms with Gasteiger partial charge in [-0.05, 0) is 31.8 Å². The average molecular weight is 226 g/mol. The van der Waals surface area contributed by atoms with E-state index in [1.54, 1.807) is 0 Å². The van der Waals surface area contributed by atoms with Crippen molar-refractivity contribution in [1.29, 1.82) is 0 Å². The number of rotatable bonds is 3. The normalized spacial score (nSPS) is 30.9. The Kier molecular flexibility index (Phi) is 4.13. The molecule has 4 heteroatoms. The van der Waals surface area contributed by atoms with Gasteiger partial charge in [0.05, 0.1) is 0 Å². The van der Waals surface area contributed by atoms with Crippen LogP contribution in [0.1, 0.15) is 25.7 Å². The van der Waals surface area contributed by atoms with Crippen molar-refractivity contribution in [2.24, 2.45) is 9.98 Å². The van der Waals surface area contributed by atoms with Crippen molar-refractivity contribution in [2.75, 3.05) is 0 Å². The molecule has 2 rings (SSSR count). The fourth-order valence-corrected chi connectivity index (χ4v) is 3.93. The van der Waals surface area contributed by atoms with Gasteiger partial charge in [-0.25, -0.2) is 0 Å². The molecule has 2 atom stereocenters. The molecule has 2 nitrogen and oxygen atoms in total. The predicted molar refractivity (Wildman–Crippen MR) is 67.4 cm³/mol. The molecule has 14 heavy (non-hydrogen) atoms. The van der Waals surface area contributed by atoms with Crippen LogP contribution in [0.15, 0.2) is 22.1 Å². The van der Waals surface area contributed by atoms with Crippen LogP contribution in [0.4, 0.5) is 0 Å². The number of hydrogen-bond acceptors (Lipinski definition) is 4. The minimum atomic E-state index is 0.405. The van der Waals surface area contributed by atoms with Crippen LogP contribution in [-0.2, 0) is 0 Å². The highest BCUT2D eigenvalue weighted by Gasteiger charge is 2.14. The second-order valence-electron chi connectivity index (χ2n) is 3.33. The van der Waals surface area contributed by atoms with Crippen LogP contribution in [0, 0.1) is 0 Å². The molecule has 76 valence electrons. The lowest BCUT2D eigenvalue weighted by atomic mass is 10.2. The Morgan fingerprint density at radius 2 is 2.07 bits per heavy atom. The van der Waals surface area contributed by atoms with Crippen LogP contribution >= 0.6 is 21.6 Å². The van der Waals surface area contributed by atoms with Crippen LogP contribution in [-0.4, -0.2) is 23.2 Å². The highest BCUT2D eigenvalue weighted by atomic mass is 33.1. The lowest BCUT2D eigenvalue weighted by molar-refractivity contribution is 0.715. The molecule has 0 aliphatic carbocycles. The molecule has 0 N–H and O–H groups in total. The third-order valence-electron chi connectivity index (χ3n) is 2.15. The van der Waals surface area contributed by atoms with E-state index < -0.39 is 0 Å². The van der Waals surface area contributed by atoms with E-state index in [9.17, 15) is 0 Å². The Balaban J connectivity index is 1.71. The van der Waals surface area contributed by atoms with E-state index in [1.807, 2.05) is 33.9 Å². The van der Waals surface area contributed by atoms with Gasteiger partial charge in [-0.15, -0.1) is 0 Å². The Morgan fingerprint density at radius 1 is 1.14 bits per heavy atom. The molecule has 0 spiro atoms. The Labute approximate surface area is 92.8 Å². The van der Waals surface area contributed by atoms with Gasteiger partial charge in [-0.3, -0.25) is 9.98 Å². The molecule has 0 fully saturated rings. The van der Waals surface area contributed by atoms with E-state index >= 15 is 0 Å². The summed E-state index contributed by atoms with van der Waals surface area (Å²) in [6.07, 6.45) is 12.9. The maximum Gasteiger partial charge on any atom is 0.109 e. The zero-order valence-corrected chi connectivity index (χ0v) is 9.64. The molecule has 0 saturated carbocycles. The van der Waals surface area contributed by atoms with E-state index in [4.69, 9.17) is 0 Å². The van der Waals surface area contributed by atoms with Crippen molar-refractivity contribution in [3.8, 4) is 0 Å². The lowest BCUT2D eigenvalue weighted by Crippen LogP contribution is -2.05. The summed E-state index contributed by atoms with van der Waals surface area (Å²) < 4.78 is 0. The first-order valence-electron chi connectivity index (χ1n) is 4.97. The van der Waals surface area contributed by atoms with Crippen LogP contribution in [0.3, 0.4) is 0 Å². The third-order valence-corrected chi connectivity index (χ3v) is 5.04. The molecule has 0 aromatic carbocycles.